The molecule has 0 amide bonds. The highest BCUT2D eigenvalue weighted by Crippen LogP contribution is 2.16. The van der Waals surface area contributed by atoms with Gasteiger partial charge in [0.1, 0.15) is 11.9 Å². The number of rotatable bonds is 4. The van der Waals surface area contributed by atoms with Crippen LogP contribution in [0, 0.1) is 0 Å². The Balaban J connectivity index is 1.75. The molecule has 1 unspecified atom stereocenters. The van der Waals surface area contributed by atoms with Gasteiger partial charge in [0, 0.05) is 11.1 Å². The second-order valence-corrected chi connectivity index (χ2v) is 4.93. The molecule has 1 aromatic carbocycles. The lowest BCUT2D eigenvalue weighted by Gasteiger charge is -2.16. The van der Waals surface area contributed by atoms with Gasteiger partial charge in [-0.3, -0.25) is 4.99 Å². The van der Waals surface area contributed by atoms with E-state index < -0.39 is 0 Å². The van der Waals surface area contributed by atoms with Gasteiger partial charge in [0.25, 0.3) is 0 Å². The Bertz CT molecular complexity index is 419. The number of aliphatic imine (C=N–C) groups is 1. The zero-order valence-electron chi connectivity index (χ0n) is 10.6. The van der Waals surface area contributed by atoms with Gasteiger partial charge in [-0.1, -0.05) is 11.6 Å². The molecule has 2 rings (SSSR count). The summed E-state index contributed by atoms with van der Waals surface area (Å²) in [4.78, 5) is 4.33. The molecule has 4 nitrogen and oxygen atoms in total. The SMILES string of the molecule is CC1CN=C(NC[C@H](C)Oc2ccc(Cl)cc2)N1. The first-order chi connectivity index (χ1) is 8.63. The summed E-state index contributed by atoms with van der Waals surface area (Å²) in [5, 5.41) is 7.19. The van der Waals surface area contributed by atoms with E-state index in [9.17, 15) is 0 Å². The molecule has 98 valence electrons. The van der Waals surface area contributed by atoms with Gasteiger partial charge in [-0.2, -0.15) is 0 Å². The number of benzene rings is 1. The van der Waals surface area contributed by atoms with Gasteiger partial charge in [-0.15, -0.1) is 0 Å². The maximum absolute atomic E-state index is 5.82. The van der Waals surface area contributed by atoms with Gasteiger partial charge >= 0.3 is 0 Å². The number of halogens is 1. The van der Waals surface area contributed by atoms with Crippen LogP contribution < -0.4 is 15.4 Å². The Kier molecular flexibility index (Phi) is 4.31. The van der Waals surface area contributed by atoms with Crippen LogP contribution in [0.5, 0.6) is 5.75 Å². The third-order valence-corrected chi connectivity index (χ3v) is 2.87. The summed E-state index contributed by atoms with van der Waals surface area (Å²) in [5.74, 6) is 1.68. The highest BCUT2D eigenvalue weighted by Gasteiger charge is 2.13. The van der Waals surface area contributed by atoms with Gasteiger partial charge in [0.2, 0.25) is 0 Å². The Labute approximate surface area is 112 Å². The summed E-state index contributed by atoms with van der Waals surface area (Å²) in [6, 6.07) is 7.79. The number of nitrogens with one attached hydrogen (secondary N) is 2. The van der Waals surface area contributed by atoms with Crippen molar-refractivity contribution >= 4 is 17.6 Å². The summed E-state index contributed by atoms with van der Waals surface area (Å²) in [6.07, 6.45) is 0.0616. The van der Waals surface area contributed by atoms with E-state index in [1.54, 1.807) is 0 Å². The third kappa shape index (κ3) is 3.81. The summed E-state index contributed by atoms with van der Waals surface area (Å²) in [5.41, 5.74) is 0. The standard InChI is InChI=1S/C13H18ClN3O/c1-9-7-15-13(17-9)16-8-10(2)18-12-5-3-11(14)4-6-12/h3-6,9-10H,7-8H2,1-2H3,(H2,15,16,17)/t9?,10-/m0/s1. The predicted molar refractivity (Wildman–Crippen MR) is 74.4 cm³/mol. The van der Waals surface area contributed by atoms with E-state index in [1.165, 1.54) is 0 Å². The second-order valence-electron chi connectivity index (χ2n) is 4.50. The van der Waals surface area contributed by atoms with Crippen molar-refractivity contribution in [3.05, 3.63) is 29.3 Å². The molecule has 1 aliphatic rings. The largest absolute Gasteiger partial charge is 0.489 e. The molecule has 0 aliphatic carbocycles. The molecule has 2 N–H and O–H groups in total. The molecule has 1 aliphatic heterocycles. The van der Waals surface area contributed by atoms with Crippen molar-refractivity contribution in [2.75, 3.05) is 13.1 Å². The van der Waals surface area contributed by atoms with Gasteiger partial charge in [0.15, 0.2) is 5.96 Å². The highest BCUT2D eigenvalue weighted by atomic mass is 35.5. The molecule has 0 fully saturated rings. The number of hydrogen-bond donors (Lipinski definition) is 2. The molecule has 0 radical (unpaired) electrons. The molecule has 0 saturated heterocycles. The first kappa shape index (κ1) is 13.0. The quantitative estimate of drug-likeness (QED) is 0.878. The minimum atomic E-state index is 0.0616. The Morgan fingerprint density at radius 1 is 1.50 bits per heavy atom. The fourth-order valence-corrected chi connectivity index (χ4v) is 1.81. The first-order valence-electron chi connectivity index (χ1n) is 6.10. The van der Waals surface area contributed by atoms with Crippen LogP contribution >= 0.6 is 11.6 Å². The highest BCUT2D eigenvalue weighted by molar-refractivity contribution is 6.30. The fraction of sp³-hybridized carbons (Fsp3) is 0.462. The van der Waals surface area contributed by atoms with E-state index in [1.807, 2.05) is 31.2 Å². The molecule has 18 heavy (non-hydrogen) atoms. The van der Waals surface area contributed by atoms with Gasteiger partial charge in [-0.05, 0) is 38.1 Å². The van der Waals surface area contributed by atoms with Crippen LogP contribution in [-0.4, -0.2) is 31.2 Å². The van der Waals surface area contributed by atoms with E-state index >= 15 is 0 Å². The van der Waals surface area contributed by atoms with Crippen LogP contribution in [0.2, 0.25) is 5.02 Å². The van der Waals surface area contributed by atoms with E-state index in [4.69, 9.17) is 16.3 Å². The van der Waals surface area contributed by atoms with Gasteiger partial charge < -0.3 is 15.4 Å². The summed E-state index contributed by atoms with van der Waals surface area (Å²) in [7, 11) is 0. The summed E-state index contributed by atoms with van der Waals surface area (Å²) >= 11 is 5.82. The van der Waals surface area contributed by atoms with Gasteiger partial charge in [0.05, 0.1) is 13.1 Å². The zero-order chi connectivity index (χ0) is 13.0. The monoisotopic (exact) mass is 267 g/mol. The van der Waals surface area contributed by atoms with Crippen molar-refractivity contribution in [2.24, 2.45) is 4.99 Å². The number of nitrogens with zero attached hydrogens (tertiary/aromatic N) is 1. The van der Waals surface area contributed by atoms with Crippen LogP contribution in [0.4, 0.5) is 0 Å². The van der Waals surface area contributed by atoms with Crippen LogP contribution in [0.3, 0.4) is 0 Å². The van der Waals surface area contributed by atoms with Crippen molar-refractivity contribution in [3.8, 4) is 5.75 Å². The average Bonchev–Trinajstić information content (AvgIpc) is 2.76. The molecule has 0 bridgehead atoms. The summed E-state index contributed by atoms with van der Waals surface area (Å²) < 4.78 is 5.75. The van der Waals surface area contributed by atoms with Crippen LogP contribution in [0.15, 0.2) is 29.3 Å². The maximum atomic E-state index is 5.82. The smallest absolute Gasteiger partial charge is 0.191 e. The lowest BCUT2D eigenvalue weighted by atomic mass is 10.3. The number of ether oxygens (including phenoxy) is 1. The molecular formula is C13H18ClN3O. The normalized spacial score (nSPS) is 19.9. The van der Waals surface area contributed by atoms with E-state index in [0.717, 1.165) is 18.3 Å². The second kappa shape index (κ2) is 5.96. The molecular weight excluding hydrogens is 250 g/mol. The van der Waals surface area contributed by atoms with E-state index in [2.05, 4.69) is 22.5 Å². The van der Waals surface area contributed by atoms with Crippen molar-refractivity contribution in [1.29, 1.82) is 0 Å². The van der Waals surface area contributed by atoms with Gasteiger partial charge in [-0.25, -0.2) is 0 Å². The molecule has 0 spiro atoms. The average molecular weight is 268 g/mol. The lowest BCUT2D eigenvalue weighted by Crippen LogP contribution is -2.41. The van der Waals surface area contributed by atoms with E-state index in [0.29, 0.717) is 17.6 Å². The topological polar surface area (TPSA) is 45.7 Å². The fourth-order valence-electron chi connectivity index (χ4n) is 1.69. The van der Waals surface area contributed by atoms with E-state index in [-0.39, 0.29) is 6.10 Å². The molecule has 1 heterocycles. The Morgan fingerprint density at radius 2 is 2.22 bits per heavy atom. The van der Waals surface area contributed by atoms with Crippen LogP contribution in [0.1, 0.15) is 13.8 Å². The van der Waals surface area contributed by atoms with Crippen molar-refractivity contribution in [1.82, 2.24) is 10.6 Å². The predicted octanol–water partition coefficient (Wildman–Crippen LogP) is 2.04. The number of hydrogen-bond acceptors (Lipinski definition) is 4. The van der Waals surface area contributed by atoms with Crippen molar-refractivity contribution in [2.45, 2.75) is 26.0 Å². The molecule has 0 aromatic heterocycles. The van der Waals surface area contributed by atoms with Crippen molar-refractivity contribution in [3.63, 3.8) is 0 Å². The minimum absolute atomic E-state index is 0.0616. The minimum Gasteiger partial charge on any atom is -0.489 e. The van der Waals surface area contributed by atoms with Crippen LogP contribution in [-0.2, 0) is 0 Å². The lowest BCUT2D eigenvalue weighted by molar-refractivity contribution is 0.224. The zero-order valence-corrected chi connectivity index (χ0v) is 11.4. The Hall–Kier alpha value is -1.42. The van der Waals surface area contributed by atoms with Crippen molar-refractivity contribution < 1.29 is 4.74 Å². The third-order valence-electron chi connectivity index (χ3n) is 2.61. The molecule has 0 saturated carbocycles. The Morgan fingerprint density at radius 3 is 2.83 bits per heavy atom. The first-order valence-corrected chi connectivity index (χ1v) is 6.48. The number of guanidine groups is 1. The molecule has 5 heteroatoms. The van der Waals surface area contributed by atoms with Crippen LogP contribution in [0.25, 0.3) is 0 Å². The molecule has 1 aromatic rings. The maximum Gasteiger partial charge on any atom is 0.191 e. The summed E-state index contributed by atoms with van der Waals surface area (Å²) in [6.45, 7) is 5.66. The molecule has 2 atom stereocenters.